The molecule has 2 unspecified atom stereocenters. The molecule has 6 nitrogen and oxygen atoms in total. The Morgan fingerprint density at radius 1 is 1.25 bits per heavy atom. The zero-order valence-corrected chi connectivity index (χ0v) is 19.5. The van der Waals surface area contributed by atoms with Crippen molar-refractivity contribution in [1.29, 1.82) is 0 Å². The fourth-order valence-corrected chi connectivity index (χ4v) is 4.88. The van der Waals surface area contributed by atoms with Crippen LogP contribution in [0.3, 0.4) is 0 Å². The molecule has 1 fully saturated rings. The number of carbonyl (C=O) groups is 1. The van der Waals surface area contributed by atoms with Gasteiger partial charge in [0.1, 0.15) is 5.75 Å². The SMILES string of the molecule is Cc1cc(C2(C(=O)Nc3ccc4c(c3)CC(C(C)(C)C)N4CC(N)CO)CC2)ccc1O. The van der Waals surface area contributed by atoms with Crippen molar-refractivity contribution >= 4 is 17.3 Å². The average molecular weight is 438 g/mol. The number of fused-ring (bicyclic) bond motifs is 1. The topological polar surface area (TPSA) is 98.8 Å². The highest BCUT2D eigenvalue weighted by Gasteiger charge is 2.51. The van der Waals surface area contributed by atoms with Gasteiger partial charge in [0.15, 0.2) is 0 Å². The number of nitrogens with two attached hydrogens (primary N) is 1. The molecule has 1 aliphatic heterocycles. The molecule has 1 heterocycles. The number of hydrogen-bond acceptors (Lipinski definition) is 5. The molecule has 1 amide bonds. The van der Waals surface area contributed by atoms with E-state index in [1.54, 1.807) is 6.07 Å². The van der Waals surface area contributed by atoms with Gasteiger partial charge in [0.05, 0.1) is 12.0 Å². The summed E-state index contributed by atoms with van der Waals surface area (Å²) in [5.41, 5.74) is 10.5. The minimum absolute atomic E-state index is 0.00654. The van der Waals surface area contributed by atoms with Crippen molar-refractivity contribution in [1.82, 2.24) is 0 Å². The summed E-state index contributed by atoms with van der Waals surface area (Å²) in [7, 11) is 0. The molecule has 2 atom stereocenters. The molecule has 1 aliphatic carbocycles. The van der Waals surface area contributed by atoms with Crippen LogP contribution in [-0.2, 0) is 16.6 Å². The van der Waals surface area contributed by atoms with Gasteiger partial charge in [-0.05, 0) is 72.6 Å². The van der Waals surface area contributed by atoms with Gasteiger partial charge in [0, 0.05) is 30.0 Å². The van der Waals surface area contributed by atoms with Crippen LogP contribution >= 0.6 is 0 Å². The van der Waals surface area contributed by atoms with E-state index in [1.165, 1.54) is 5.56 Å². The maximum absolute atomic E-state index is 13.2. The van der Waals surface area contributed by atoms with Crippen molar-refractivity contribution in [3.63, 3.8) is 0 Å². The number of hydrogen-bond donors (Lipinski definition) is 4. The molecule has 0 spiro atoms. The van der Waals surface area contributed by atoms with Crippen molar-refractivity contribution in [2.24, 2.45) is 11.1 Å². The zero-order valence-electron chi connectivity index (χ0n) is 19.5. The Kier molecular flexibility index (Phi) is 5.72. The van der Waals surface area contributed by atoms with E-state index in [4.69, 9.17) is 5.73 Å². The van der Waals surface area contributed by atoms with E-state index in [9.17, 15) is 15.0 Å². The Bertz CT molecular complexity index is 1020. The molecule has 32 heavy (non-hydrogen) atoms. The van der Waals surface area contributed by atoms with E-state index in [-0.39, 0.29) is 35.8 Å². The number of aryl methyl sites for hydroxylation is 1. The fraction of sp³-hybridized carbons (Fsp3) is 0.500. The number of phenols is 1. The Balaban J connectivity index is 1.56. The summed E-state index contributed by atoms with van der Waals surface area (Å²) in [5.74, 6) is 0.259. The number of rotatable bonds is 6. The second-order valence-electron chi connectivity index (χ2n) is 10.6. The van der Waals surface area contributed by atoms with Crippen LogP contribution in [0.15, 0.2) is 36.4 Å². The summed E-state index contributed by atoms with van der Waals surface area (Å²) in [4.78, 5) is 15.5. The monoisotopic (exact) mass is 437 g/mol. The van der Waals surface area contributed by atoms with Crippen molar-refractivity contribution < 1.29 is 15.0 Å². The largest absolute Gasteiger partial charge is 0.508 e. The summed E-state index contributed by atoms with van der Waals surface area (Å²) in [5, 5.41) is 22.5. The Hall–Kier alpha value is -2.57. The predicted octanol–water partition coefficient (Wildman–Crippen LogP) is 3.47. The second kappa shape index (κ2) is 8.09. The number of nitrogens with zero attached hydrogens (tertiary/aromatic N) is 1. The highest BCUT2D eigenvalue weighted by molar-refractivity contribution is 6.01. The van der Waals surface area contributed by atoms with Crippen molar-refractivity contribution in [3.05, 3.63) is 53.1 Å². The van der Waals surface area contributed by atoms with Crippen LogP contribution in [-0.4, -0.2) is 41.4 Å². The Morgan fingerprint density at radius 3 is 2.56 bits per heavy atom. The van der Waals surface area contributed by atoms with Gasteiger partial charge in [-0.1, -0.05) is 32.9 Å². The van der Waals surface area contributed by atoms with Crippen LogP contribution in [0.2, 0.25) is 0 Å². The zero-order chi connectivity index (χ0) is 23.3. The third kappa shape index (κ3) is 4.09. The summed E-state index contributed by atoms with van der Waals surface area (Å²) in [6.45, 7) is 9.07. The standard InChI is InChI=1S/C26H35N3O3/c1-16-11-18(5-8-22(16)31)26(9-10-26)24(32)28-20-6-7-21-17(12-20)13-23(25(2,3)4)29(21)14-19(27)15-30/h5-8,11-12,19,23,30-31H,9-10,13-15,27H2,1-4H3,(H,28,32). The number of benzene rings is 2. The number of aliphatic hydroxyl groups is 1. The molecule has 5 N–H and O–H groups in total. The first-order valence-electron chi connectivity index (χ1n) is 11.4. The lowest BCUT2D eigenvalue weighted by atomic mass is 9.84. The minimum atomic E-state index is -0.509. The van der Waals surface area contributed by atoms with Crippen LogP contribution in [0, 0.1) is 12.3 Å². The van der Waals surface area contributed by atoms with Gasteiger partial charge in [0.25, 0.3) is 0 Å². The molecule has 172 valence electrons. The predicted molar refractivity (Wildman–Crippen MR) is 128 cm³/mol. The minimum Gasteiger partial charge on any atom is -0.508 e. The molecule has 0 saturated heterocycles. The summed E-state index contributed by atoms with van der Waals surface area (Å²) in [6, 6.07) is 11.5. The van der Waals surface area contributed by atoms with E-state index in [0.717, 1.165) is 41.8 Å². The lowest BCUT2D eigenvalue weighted by molar-refractivity contribution is -0.118. The van der Waals surface area contributed by atoms with E-state index in [2.05, 4.69) is 43.1 Å². The molecule has 1 saturated carbocycles. The van der Waals surface area contributed by atoms with Gasteiger partial charge in [-0.25, -0.2) is 0 Å². The number of aromatic hydroxyl groups is 1. The summed E-state index contributed by atoms with van der Waals surface area (Å²) < 4.78 is 0. The van der Waals surface area contributed by atoms with Crippen molar-refractivity contribution in [3.8, 4) is 5.75 Å². The van der Waals surface area contributed by atoms with E-state index in [1.807, 2.05) is 25.1 Å². The fourth-order valence-electron chi connectivity index (χ4n) is 4.88. The van der Waals surface area contributed by atoms with Crippen LogP contribution in [0.5, 0.6) is 5.75 Å². The summed E-state index contributed by atoms with van der Waals surface area (Å²) in [6.07, 6.45) is 2.50. The van der Waals surface area contributed by atoms with E-state index in [0.29, 0.717) is 6.54 Å². The average Bonchev–Trinajstić information content (AvgIpc) is 3.47. The van der Waals surface area contributed by atoms with Gasteiger partial charge in [-0.15, -0.1) is 0 Å². The molecule has 2 aliphatic rings. The number of amides is 1. The van der Waals surface area contributed by atoms with Crippen LogP contribution < -0.4 is 16.0 Å². The number of nitrogens with one attached hydrogen (secondary N) is 1. The lowest BCUT2D eigenvalue weighted by Gasteiger charge is -2.38. The molecule has 0 aromatic heterocycles. The molecule has 0 bridgehead atoms. The first-order chi connectivity index (χ1) is 15.0. The highest BCUT2D eigenvalue weighted by Crippen LogP contribution is 2.50. The third-order valence-corrected chi connectivity index (χ3v) is 7.04. The van der Waals surface area contributed by atoms with E-state index >= 15 is 0 Å². The Morgan fingerprint density at radius 2 is 1.97 bits per heavy atom. The normalized spacial score (nSPS) is 20.1. The number of carbonyl (C=O) groups excluding carboxylic acids is 1. The second-order valence-corrected chi connectivity index (χ2v) is 10.6. The quantitative estimate of drug-likeness (QED) is 0.555. The van der Waals surface area contributed by atoms with Crippen LogP contribution in [0.1, 0.15) is 50.3 Å². The molecular formula is C26H35N3O3. The molecule has 6 heteroatoms. The number of anilines is 2. The lowest BCUT2D eigenvalue weighted by Crippen LogP contribution is -2.48. The van der Waals surface area contributed by atoms with Gasteiger partial charge in [-0.3, -0.25) is 4.79 Å². The first kappa shape index (κ1) is 22.6. The van der Waals surface area contributed by atoms with Crippen LogP contribution in [0.4, 0.5) is 11.4 Å². The Labute approximate surface area is 190 Å². The molecule has 2 aromatic rings. The first-order valence-corrected chi connectivity index (χ1v) is 11.4. The molecule has 2 aromatic carbocycles. The molecular weight excluding hydrogens is 402 g/mol. The smallest absolute Gasteiger partial charge is 0.235 e. The van der Waals surface area contributed by atoms with Gasteiger partial charge in [0.2, 0.25) is 5.91 Å². The maximum Gasteiger partial charge on any atom is 0.235 e. The van der Waals surface area contributed by atoms with E-state index < -0.39 is 5.41 Å². The van der Waals surface area contributed by atoms with Crippen LogP contribution in [0.25, 0.3) is 0 Å². The van der Waals surface area contributed by atoms with Crippen molar-refractivity contribution in [2.45, 2.75) is 64.5 Å². The van der Waals surface area contributed by atoms with Gasteiger partial charge < -0.3 is 26.2 Å². The highest BCUT2D eigenvalue weighted by atomic mass is 16.3. The van der Waals surface area contributed by atoms with Crippen molar-refractivity contribution in [2.75, 3.05) is 23.4 Å². The summed E-state index contributed by atoms with van der Waals surface area (Å²) >= 11 is 0. The van der Waals surface area contributed by atoms with Gasteiger partial charge in [-0.2, -0.15) is 0 Å². The maximum atomic E-state index is 13.2. The molecule has 4 rings (SSSR count). The van der Waals surface area contributed by atoms with Gasteiger partial charge >= 0.3 is 0 Å². The molecule has 0 radical (unpaired) electrons. The third-order valence-electron chi connectivity index (χ3n) is 7.04. The number of aliphatic hydroxyl groups excluding tert-OH is 1. The number of phenolic OH excluding ortho intramolecular Hbond substituents is 1.